The van der Waals surface area contributed by atoms with Gasteiger partial charge in [-0.15, -0.1) is 11.3 Å². The summed E-state index contributed by atoms with van der Waals surface area (Å²) in [6, 6.07) is 0. The van der Waals surface area contributed by atoms with Crippen molar-refractivity contribution in [3.63, 3.8) is 0 Å². The summed E-state index contributed by atoms with van der Waals surface area (Å²) in [5.74, 6) is 0.205. The summed E-state index contributed by atoms with van der Waals surface area (Å²) in [6.45, 7) is 6.17. The first-order valence-electron chi connectivity index (χ1n) is 8.39. The highest BCUT2D eigenvalue weighted by atomic mass is 32.1. The normalized spacial score (nSPS) is 14.8. The maximum atomic E-state index is 13.0. The van der Waals surface area contributed by atoms with Gasteiger partial charge in [0, 0.05) is 29.9 Å². The van der Waals surface area contributed by atoms with Crippen molar-refractivity contribution < 1.29 is 4.79 Å². The van der Waals surface area contributed by atoms with Gasteiger partial charge in [0.25, 0.3) is 0 Å². The average Bonchev–Trinajstić information content (AvgIpc) is 3.12. The second-order valence-corrected chi connectivity index (χ2v) is 8.28. The fourth-order valence-corrected chi connectivity index (χ4v) is 4.43. The Kier molecular flexibility index (Phi) is 3.69. The molecule has 8 heteroatoms. The average molecular weight is 368 g/mol. The molecular weight excluding hydrogens is 348 g/mol. The van der Waals surface area contributed by atoms with Crippen molar-refractivity contribution in [2.45, 2.75) is 39.0 Å². The highest BCUT2D eigenvalue weighted by molar-refractivity contribution is 7.09. The molecule has 26 heavy (non-hydrogen) atoms. The highest BCUT2D eigenvalue weighted by Crippen LogP contribution is 2.43. The number of nitrogens with two attached hydrogens (primary N) is 1. The number of thiazole rings is 1. The Bertz CT molecular complexity index is 1030. The van der Waals surface area contributed by atoms with Gasteiger partial charge >= 0.3 is 0 Å². The number of hydrogen-bond donors (Lipinski definition) is 1. The van der Waals surface area contributed by atoms with Gasteiger partial charge in [-0.05, 0) is 24.3 Å². The first kappa shape index (κ1) is 16.8. The molecule has 0 radical (unpaired) electrons. The molecule has 0 bridgehead atoms. The lowest BCUT2D eigenvalue weighted by Crippen LogP contribution is -2.28. The summed E-state index contributed by atoms with van der Waals surface area (Å²) < 4.78 is 1.74. The summed E-state index contributed by atoms with van der Waals surface area (Å²) in [6.07, 6.45) is 2.77. The van der Waals surface area contributed by atoms with Gasteiger partial charge in [-0.2, -0.15) is 5.10 Å². The van der Waals surface area contributed by atoms with Crippen LogP contribution in [-0.4, -0.2) is 30.5 Å². The van der Waals surface area contributed by atoms with Gasteiger partial charge in [0.05, 0.1) is 17.8 Å². The third-order valence-corrected chi connectivity index (χ3v) is 5.67. The minimum absolute atomic E-state index is 0.0187. The Balaban J connectivity index is 1.85. The van der Waals surface area contributed by atoms with Gasteiger partial charge in [0.2, 0.25) is 5.95 Å². The van der Waals surface area contributed by atoms with E-state index in [4.69, 9.17) is 5.73 Å². The van der Waals surface area contributed by atoms with Gasteiger partial charge in [-0.1, -0.05) is 13.8 Å². The van der Waals surface area contributed by atoms with Crippen LogP contribution in [0.5, 0.6) is 0 Å². The van der Waals surface area contributed by atoms with Crippen LogP contribution in [-0.2, 0) is 25.3 Å². The molecule has 0 unspecified atom stereocenters. The molecule has 0 aromatic carbocycles. The molecule has 0 spiro atoms. The van der Waals surface area contributed by atoms with Crippen molar-refractivity contribution in [3.8, 4) is 11.4 Å². The number of fused-ring (bicyclic) bond motifs is 3. The van der Waals surface area contributed by atoms with Crippen LogP contribution >= 0.6 is 11.3 Å². The molecular formula is C18H20N6OS. The number of anilines is 1. The van der Waals surface area contributed by atoms with E-state index < -0.39 is 0 Å². The molecule has 2 N–H and O–H groups in total. The van der Waals surface area contributed by atoms with E-state index in [9.17, 15) is 4.79 Å². The fourth-order valence-electron chi connectivity index (χ4n) is 3.66. The number of aryl methyl sites for hydroxylation is 2. The van der Waals surface area contributed by atoms with E-state index in [1.807, 2.05) is 19.4 Å². The zero-order chi connectivity index (χ0) is 18.6. The highest BCUT2D eigenvalue weighted by Gasteiger charge is 2.39. The number of nitrogens with zero attached hydrogens (tertiary/aromatic N) is 5. The summed E-state index contributed by atoms with van der Waals surface area (Å²) in [5, 5.41) is 7.33. The van der Waals surface area contributed by atoms with Crippen LogP contribution in [0.1, 0.15) is 46.2 Å². The zero-order valence-electron chi connectivity index (χ0n) is 15.2. The zero-order valence-corrected chi connectivity index (χ0v) is 16.0. The number of aromatic nitrogens is 5. The molecule has 0 aliphatic heterocycles. The maximum Gasteiger partial charge on any atom is 0.220 e. The van der Waals surface area contributed by atoms with E-state index in [0.29, 0.717) is 5.69 Å². The molecule has 0 amide bonds. The van der Waals surface area contributed by atoms with Crippen molar-refractivity contribution in [2.24, 2.45) is 7.05 Å². The van der Waals surface area contributed by atoms with Gasteiger partial charge in [0.1, 0.15) is 10.7 Å². The molecule has 7 nitrogen and oxygen atoms in total. The molecule has 134 valence electrons. The maximum absolute atomic E-state index is 13.0. The van der Waals surface area contributed by atoms with Crippen LogP contribution in [0.15, 0.2) is 11.6 Å². The van der Waals surface area contributed by atoms with E-state index in [2.05, 4.69) is 33.9 Å². The van der Waals surface area contributed by atoms with Crippen LogP contribution in [0.3, 0.4) is 0 Å². The second-order valence-electron chi connectivity index (χ2n) is 7.34. The minimum Gasteiger partial charge on any atom is -0.368 e. The van der Waals surface area contributed by atoms with E-state index in [-0.39, 0.29) is 23.6 Å². The summed E-state index contributed by atoms with van der Waals surface area (Å²) >= 11 is 1.50. The van der Waals surface area contributed by atoms with E-state index in [0.717, 1.165) is 39.6 Å². The lowest BCUT2D eigenvalue weighted by atomic mass is 9.72. The van der Waals surface area contributed by atoms with Crippen molar-refractivity contribution >= 4 is 23.1 Å². The summed E-state index contributed by atoms with van der Waals surface area (Å²) in [4.78, 5) is 26.0. The van der Waals surface area contributed by atoms with E-state index >= 15 is 0 Å². The number of rotatable bonds is 3. The molecule has 3 heterocycles. The van der Waals surface area contributed by atoms with Gasteiger partial charge in [0.15, 0.2) is 5.78 Å². The Morgan fingerprint density at radius 3 is 2.85 bits per heavy atom. The lowest BCUT2D eigenvalue weighted by molar-refractivity contribution is 0.0985. The lowest BCUT2D eigenvalue weighted by Gasteiger charge is -2.31. The first-order valence-corrected chi connectivity index (χ1v) is 9.27. The quantitative estimate of drug-likeness (QED) is 0.713. The molecule has 0 fully saturated rings. The summed E-state index contributed by atoms with van der Waals surface area (Å²) in [5.41, 5.74) is 10.6. The van der Waals surface area contributed by atoms with Crippen LogP contribution < -0.4 is 5.73 Å². The first-order chi connectivity index (χ1) is 12.3. The molecule has 3 aromatic rings. The molecule has 4 rings (SSSR count). The van der Waals surface area contributed by atoms with Crippen molar-refractivity contribution in [2.75, 3.05) is 5.73 Å². The monoisotopic (exact) mass is 368 g/mol. The van der Waals surface area contributed by atoms with Crippen LogP contribution in [0.2, 0.25) is 0 Å². The smallest absolute Gasteiger partial charge is 0.220 e. The number of ketones is 1. The molecule has 1 aliphatic rings. The summed E-state index contributed by atoms with van der Waals surface area (Å²) in [7, 11) is 1.84. The Morgan fingerprint density at radius 1 is 1.38 bits per heavy atom. The van der Waals surface area contributed by atoms with Crippen molar-refractivity contribution in [1.29, 1.82) is 0 Å². The largest absolute Gasteiger partial charge is 0.368 e. The molecule has 1 aliphatic carbocycles. The molecule has 3 aromatic heterocycles. The standard InChI is InChI=1S/C18H20N6OS/c1-9-8-26-12(21-9)5-11(25)15-13-16(24(4)23-15)14-10(6-18(13,2)3)7-20-17(19)22-14/h7-8H,5-6H2,1-4H3,(H2,19,20,22). The SMILES string of the molecule is Cc1csc(CC(=O)c2nn(C)c3c2C(C)(C)Cc2cnc(N)nc2-3)n1. The number of hydrogen-bond acceptors (Lipinski definition) is 7. The fraction of sp³-hybridized carbons (Fsp3) is 0.389. The number of carbonyl (C=O) groups is 1. The van der Waals surface area contributed by atoms with E-state index in [1.165, 1.54) is 11.3 Å². The topological polar surface area (TPSA) is 99.6 Å². The Hall–Kier alpha value is -2.61. The van der Waals surface area contributed by atoms with Gasteiger partial charge in [-0.25, -0.2) is 15.0 Å². The Labute approximate surface area is 155 Å². The van der Waals surface area contributed by atoms with E-state index in [1.54, 1.807) is 10.9 Å². The molecule has 0 saturated carbocycles. The van der Waals surface area contributed by atoms with Crippen LogP contribution in [0.25, 0.3) is 11.4 Å². The van der Waals surface area contributed by atoms with Crippen molar-refractivity contribution in [3.05, 3.63) is 39.1 Å². The Morgan fingerprint density at radius 2 is 2.15 bits per heavy atom. The van der Waals surface area contributed by atoms with Crippen LogP contribution in [0, 0.1) is 6.92 Å². The van der Waals surface area contributed by atoms with Gasteiger partial charge < -0.3 is 5.73 Å². The third-order valence-electron chi connectivity index (χ3n) is 4.71. The number of carbonyl (C=O) groups excluding carboxylic acids is 1. The predicted octanol–water partition coefficient (Wildman–Crippen LogP) is 2.48. The second kappa shape index (κ2) is 5.70. The third kappa shape index (κ3) is 2.61. The molecule has 0 atom stereocenters. The van der Waals surface area contributed by atoms with Gasteiger partial charge in [-0.3, -0.25) is 9.48 Å². The predicted molar refractivity (Wildman–Crippen MR) is 100 cm³/mol. The number of Topliss-reactive ketones (excluding diaryl/α,β-unsaturated/α-hetero) is 1. The number of nitrogen functional groups attached to an aromatic ring is 1. The van der Waals surface area contributed by atoms with Crippen molar-refractivity contribution in [1.82, 2.24) is 24.7 Å². The minimum atomic E-state index is -0.250. The van der Waals surface area contributed by atoms with Crippen LogP contribution in [0.4, 0.5) is 5.95 Å². The molecule has 0 saturated heterocycles.